The van der Waals surface area contributed by atoms with E-state index in [1.165, 1.54) is 6.07 Å². The third-order valence-corrected chi connectivity index (χ3v) is 3.92. The van der Waals surface area contributed by atoms with Gasteiger partial charge >= 0.3 is 0 Å². The number of amides is 1. The molecule has 2 aromatic carbocycles. The first-order valence-electron chi connectivity index (χ1n) is 7.95. The maximum absolute atomic E-state index is 13.2. The van der Waals surface area contributed by atoms with Crippen LogP contribution in [0.4, 0.5) is 14.5 Å². The van der Waals surface area contributed by atoms with Crippen LogP contribution in [0.5, 0.6) is 0 Å². The predicted molar refractivity (Wildman–Crippen MR) is 94.0 cm³/mol. The van der Waals surface area contributed by atoms with E-state index in [0.717, 1.165) is 23.3 Å². The summed E-state index contributed by atoms with van der Waals surface area (Å²) < 4.78 is 27.8. The minimum atomic E-state index is -1.10. The van der Waals surface area contributed by atoms with Crippen LogP contribution < -0.4 is 5.32 Å². The molecule has 0 saturated carbocycles. The molecule has 0 fully saturated rings. The number of nitrogens with zero attached hydrogens (tertiary/aromatic N) is 1. The van der Waals surface area contributed by atoms with Gasteiger partial charge in [0, 0.05) is 24.5 Å². The molecule has 132 valence electrons. The summed E-state index contributed by atoms with van der Waals surface area (Å²) in [5.74, 6) is -3.80. The summed E-state index contributed by atoms with van der Waals surface area (Å²) in [5, 5.41) is 2.29. The minimum absolute atomic E-state index is 0.0129. The molecule has 3 aromatic rings. The smallest absolute Gasteiger partial charge is 0.298 e. The molecule has 0 unspecified atom stereocenters. The van der Waals surface area contributed by atoms with E-state index in [-0.39, 0.29) is 11.4 Å². The highest BCUT2D eigenvalue weighted by atomic mass is 19.2. The number of aryl methyl sites for hydroxylation is 1. The topological polar surface area (TPSA) is 51.1 Å². The highest BCUT2D eigenvalue weighted by Crippen LogP contribution is 2.15. The highest BCUT2D eigenvalue weighted by molar-refractivity contribution is 6.46. The van der Waals surface area contributed by atoms with Crippen molar-refractivity contribution in [3.05, 3.63) is 89.2 Å². The summed E-state index contributed by atoms with van der Waals surface area (Å²) in [6.45, 7) is 2.42. The second kappa shape index (κ2) is 7.31. The number of aromatic nitrogens is 1. The number of carbonyl (C=O) groups is 2. The molecule has 0 saturated heterocycles. The molecular weight excluding hydrogens is 338 g/mol. The normalized spacial score (nSPS) is 10.6. The van der Waals surface area contributed by atoms with Crippen LogP contribution in [0.1, 0.15) is 21.6 Å². The van der Waals surface area contributed by atoms with Gasteiger partial charge in [-0.25, -0.2) is 8.78 Å². The number of carbonyl (C=O) groups excluding carboxylic acids is 2. The number of anilines is 1. The van der Waals surface area contributed by atoms with Crippen molar-refractivity contribution in [1.29, 1.82) is 0 Å². The molecule has 0 aliphatic heterocycles. The SMILES string of the molecule is Cc1ccc(Cn2cccc2C(=O)C(=O)Nc2ccc(F)c(F)c2)cc1. The van der Waals surface area contributed by atoms with Crippen LogP contribution in [0.3, 0.4) is 0 Å². The van der Waals surface area contributed by atoms with Crippen LogP contribution in [0.2, 0.25) is 0 Å². The summed E-state index contributed by atoms with van der Waals surface area (Å²) in [5.41, 5.74) is 2.34. The number of nitrogens with one attached hydrogen (secondary N) is 1. The number of hydrogen-bond donors (Lipinski definition) is 1. The standard InChI is InChI=1S/C20H16F2N2O2/c1-13-4-6-14(7-5-13)12-24-10-2-3-18(24)19(25)20(26)23-15-8-9-16(21)17(22)11-15/h2-11H,12H2,1H3,(H,23,26). The lowest BCUT2D eigenvalue weighted by molar-refractivity contribution is -0.112. The van der Waals surface area contributed by atoms with E-state index in [1.807, 2.05) is 31.2 Å². The zero-order valence-corrected chi connectivity index (χ0v) is 14.0. The van der Waals surface area contributed by atoms with Crippen molar-refractivity contribution >= 4 is 17.4 Å². The molecule has 0 radical (unpaired) electrons. The van der Waals surface area contributed by atoms with E-state index in [0.29, 0.717) is 6.54 Å². The van der Waals surface area contributed by atoms with Crippen molar-refractivity contribution in [2.45, 2.75) is 13.5 Å². The average molecular weight is 354 g/mol. The Hall–Kier alpha value is -3.28. The third kappa shape index (κ3) is 3.85. The van der Waals surface area contributed by atoms with E-state index in [9.17, 15) is 18.4 Å². The lowest BCUT2D eigenvalue weighted by Crippen LogP contribution is -2.25. The number of hydrogen-bond acceptors (Lipinski definition) is 2. The van der Waals surface area contributed by atoms with Crippen LogP contribution in [0, 0.1) is 18.6 Å². The quantitative estimate of drug-likeness (QED) is 0.557. The van der Waals surface area contributed by atoms with Crippen molar-refractivity contribution in [3.8, 4) is 0 Å². The molecule has 1 aromatic heterocycles. The van der Waals surface area contributed by atoms with E-state index in [2.05, 4.69) is 5.32 Å². The molecule has 0 aliphatic carbocycles. The molecule has 1 amide bonds. The molecule has 6 heteroatoms. The fraction of sp³-hybridized carbons (Fsp3) is 0.100. The highest BCUT2D eigenvalue weighted by Gasteiger charge is 2.20. The van der Waals surface area contributed by atoms with Gasteiger partial charge in [-0.3, -0.25) is 9.59 Å². The number of rotatable bonds is 5. The Morgan fingerprint density at radius 1 is 1.00 bits per heavy atom. The number of ketones is 1. The predicted octanol–water partition coefficient (Wildman–Crippen LogP) is 3.94. The summed E-state index contributed by atoms with van der Waals surface area (Å²) in [6.07, 6.45) is 1.71. The Morgan fingerprint density at radius 3 is 2.42 bits per heavy atom. The Kier molecular flexibility index (Phi) is 4.93. The Balaban J connectivity index is 1.75. The number of benzene rings is 2. The van der Waals surface area contributed by atoms with Crippen LogP contribution in [-0.2, 0) is 11.3 Å². The first kappa shape index (κ1) is 17.5. The maximum Gasteiger partial charge on any atom is 0.298 e. The lowest BCUT2D eigenvalue weighted by Gasteiger charge is -2.09. The molecule has 0 atom stereocenters. The van der Waals surface area contributed by atoms with Gasteiger partial charge in [-0.15, -0.1) is 0 Å². The summed E-state index contributed by atoms with van der Waals surface area (Å²) in [6, 6.07) is 14.0. The third-order valence-electron chi connectivity index (χ3n) is 3.92. The van der Waals surface area contributed by atoms with Gasteiger partial charge in [0.25, 0.3) is 11.7 Å². The van der Waals surface area contributed by atoms with Crippen molar-refractivity contribution in [2.75, 3.05) is 5.32 Å². The van der Waals surface area contributed by atoms with E-state index in [4.69, 9.17) is 0 Å². The second-order valence-corrected chi connectivity index (χ2v) is 5.92. The van der Waals surface area contributed by atoms with E-state index >= 15 is 0 Å². The molecule has 1 heterocycles. The van der Waals surface area contributed by atoms with Crippen LogP contribution in [0.15, 0.2) is 60.8 Å². The molecule has 0 bridgehead atoms. The van der Waals surface area contributed by atoms with Gasteiger partial charge < -0.3 is 9.88 Å². The molecular formula is C20H16F2N2O2. The van der Waals surface area contributed by atoms with Gasteiger partial charge in [-0.2, -0.15) is 0 Å². The zero-order chi connectivity index (χ0) is 18.7. The molecule has 0 aliphatic rings. The van der Waals surface area contributed by atoms with E-state index in [1.54, 1.807) is 22.9 Å². The number of Topliss-reactive ketones (excluding diaryl/α,β-unsaturated/α-hetero) is 1. The number of halogens is 2. The zero-order valence-electron chi connectivity index (χ0n) is 14.0. The van der Waals surface area contributed by atoms with Crippen LogP contribution >= 0.6 is 0 Å². The molecule has 26 heavy (non-hydrogen) atoms. The van der Waals surface area contributed by atoms with Crippen LogP contribution in [-0.4, -0.2) is 16.3 Å². The summed E-state index contributed by atoms with van der Waals surface area (Å²) in [4.78, 5) is 24.6. The van der Waals surface area contributed by atoms with Gasteiger partial charge in [0.1, 0.15) is 0 Å². The fourth-order valence-corrected chi connectivity index (χ4v) is 2.53. The largest absolute Gasteiger partial charge is 0.340 e. The Bertz CT molecular complexity index is 962. The molecule has 4 nitrogen and oxygen atoms in total. The lowest BCUT2D eigenvalue weighted by atomic mass is 10.1. The van der Waals surface area contributed by atoms with Crippen molar-refractivity contribution in [3.63, 3.8) is 0 Å². The van der Waals surface area contributed by atoms with Crippen LogP contribution in [0.25, 0.3) is 0 Å². The first-order chi connectivity index (χ1) is 12.4. The maximum atomic E-state index is 13.2. The average Bonchev–Trinajstić information content (AvgIpc) is 3.07. The second-order valence-electron chi connectivity index (χ2n) is 5.92. The Labute approximate surface area is 149 Å². The first-order valence-corrected chi connectivity index (χ1v) is 7.95. The van der Waals surface area contributed by atoms with Gasteiger partial charge in [0.05, 0.1) is 5.69 Å². The van der Waals surface area contributed by atoms with Gasteiger partial charge in [-0.05, 0) is 36.8 Å². The molecule has 1 N–H and O–H groups in total. The van der Waals surface area contributed by atoms with E-state index < -0.39 is 23.3 Å². The van der Waals surface area contributed by atoms with Gasteiger partial charge in [-0.1, -0.05) is 29.8 Å². The molecule has 0 spiro atoms. The van der Waals surface area contributed by atoms with Crippen molar-refractivity contribution < 1.29 is 18.4 Å². The molecule has 3 rings (SSSR count). The van der Waals surface area contributed by atoms with Crippen molar-refractivity contribution in [2.24, 2.45) is 0 Å². The summed E-state index contributed by atoms with van der Waals surface area (Å²) >= 11 is 0. The summed E-state index contributed by atoms with van der Waals surface area (Å²) in [7, 11) is 0. The van der Waals surface area contributed by atoms with Gasteiger partial charge in [0.2, 0.25) is 0 Å². The van der Waals surface area contributed by atoms with Gasteiger partial charge in [0.15, 0.2) is 11.6 Å². The Morgan fingerprint density at radius 2 is 1.73 bits per heavy atom. The van der Waals surface area contributed by atoms with Crippen molar-refractivity contribution in [1.82, 2.24) is 4.57 Å². The fourth-order valence-electron chi connectivity index (χ4n) is 2.53. The monoisotopic (exact) mass is 354 g/mol. The minimum Gasteiger partial charge on any atom is -0.340 e.